The van der Waals surface area contributed by atoms with Crippen LogP contribution >= 0.6 is 23.4 Å². The zero-order valence-corrected chi connectivity index (χ0v) is 17.1. The molecule has 2 aromatic carbocycles. The average molecular weight is 401 g/mol. The van der Waals surface area contributed by atoms with Gasteiger partial charge in [-0.25, -0.2) is 4.99 Å². The van der Waals surface area contributed by atoms with Gasteiger partial charge in [-0.15, -0.1) is 0 Å². The van der Waals surface area contributed by atoms with Crippen LogP contribution in [0, 0.1) is 5.92 Å². The first-order chi connectivity index (χ1) is 13.0. The molecule has 0 bridgehead atoms. The summed E-state index contributed by atoms with van der Waals surface area (Å²) < 4.78 is 5.26. The third kappa shape index (κ3) is 4.93. The molecular formula is C21H21ClN2O2S. The van der Waals surface area contributed by atoms with Crippen molar-refractivity contribution in [3.8, 4) is 5.75 Å². The molecule has 27 heavy (non-hydrogen) atoms. The Morgan fingerprint density at radius 1 is 1.22 bits per heavy atom. The topological polar surface area (TPSA) is 41.9 Å². The van der Waals surface area contributed by atoms with Crippen LogP contribution in [0.4, 0.5) is 5.69 Å². The Balaban J connectivity index is 1.96. The van der Waals surface area contributed by atoms with Crippen molar-refractivity contribution in [3.63, 3.8) is 0 Å². The van der Waals surface area contributed by atoms with Gasteiger partial charge in [0.05, 0.1) is 17.7 Å². The van der Waals surface area contributed by atoms with Gasteiger partial charge in [0.2, 0.25) is 0 Å². The van der Waals surface area contributed by atoms with E-state index < -0.39 is 0 Å². The van der Waals surface area contributed by atoms with Crippen molar-refractivity contribution in [2.24, 2.45) is 10.9 Å². The SMILES string of the molecule is COc1cccc(/C=C2/SC(=Nc3cccc(Cl)c3)N(CC(C)C)C2=O)c1. The lowest BCUT2D eigenvalue weighted by Crippen LogP contribution is -2.32. The van der Waals surface area contributed by atoms with Crippen LogP contribution in [0.3, 0.4) is 0 Å². The number of halogens is 1. The molecule has 0 aliphatic carbocycles. The molecule has 1 saturated heterocycles. The highest BCUT2D eigenvalue weighted by Gasteiger charge is 2.33. The van der Waals surface area contributed by atoms with Gasteiger partial charge in [0.1, 0.15) is 5.75 Å². The van der Waals surface area contributed by atoms with Crippen LogP contribution in [0.15, 0.2) is 58.4 Å². The minimum Gasteiger partial charge on any atom is -0.497 e. The van der Waals surface area contributed by atoms with Crippen molar-refractivity contribution in [1.82, 2.24) is 4.90 Å². The van der Waals surface area contributed by atoms with Crippen LogP contribution in [0.5, 0.6) is 5.75 Å². The Bertz CT molecular complexity index is 909. The van der Waals surface area contributed by atoms with Gasteiger partial charge in [0.25, 0.3) is 5.91 Å². The number of amidine groups is 1. The third-order valence-corrected chi connectivity index (χ3v) is 5.10. The van der Waals surface area contributed by atoms with E-state index in [9.17, 15) is 4.79 Å². The number of nitrogens with zero attached hydrogens (tertiary/aromatic N) is 2. The van der Waals surface area contributed by atoms with Crippen LogP contribution in [0.25, 0.3) is 6.08 Å². The summed E-state index contributed by atoms with van der Waals surface area (Å²) in [5.74, 6) is 1.05. The van der Waals surface area contributed by atoms with E-state index in [4.69, 9.17) is 16.3 Å². The van der Waals surface area contributed by atoms with Crippen LogP contribution in [-0.4, -0.2) is 29.6 Å². The van der Waals surface area contributed by atoms with Crippen molar-refractivity contribution in [3.05, 3.63) is 64.0 Å². The lowest BCUT2D eigenvalue weighted by atomic mass is 10.2. The molecule has 4 nitrogen and oxygen atoms in total. The molecule has 0 atom stereocenters. The molecular weight excluding hydrogens is 380 g/mol. The number of carbonyl (C=O) groups is 1. The van der Waals surface area contributed by atoms with Gasteiger partial charge >= 0.3 is 0 Å². The maximum absolute atomic E-state index is 13.0. The second kappa shape index (κ2) is 8.63. The van der Waals surface area contributed by atoms with E-state index in [1.54, 1.807) is 24.1 Å². The van der Waals surface area contributed by atoms with Crippen molar-refractivity contribution < 1.29 is 9.53 Å². The molecule has 0 aromatic heterocycles. The Morgan fingerprint density at radius 2 is 2.00 bits per heavy atom. The van der Waals surface area contributed by atoms with E-state index in [-0.39, 0.29) is 5.91 Å². The van der Waals surface area contributed by atoms with Gasteiger partial charge in [-0.1, -0.05) is 43.6 Å². The molecule has 6 heteroatoms. The molecule has 0 spiro atoms. The number of benzene rings is 2. The zero-order chi connectivity index (χ0) is 19.4. The molecule has 0 unspecified atom stereocenters. The van der Waals surface area contributed by atoms with Gasteiger partial charge in [0, 0.05) is 11.6 Å². The van der Waals surface area contributed by atoms with Crippen LogP contribution in [-0.2, 0) is 4.79 Å². The van der Waals surface area contributed by atoms with Crippen molar-refractivity contribution in [2.75, 3.05) is 13.7 Å². The first-order valence-corrected chi connectivity index (χ1v) is 9.85. The minimum atomic E-state index is -0.0303. The van der Waals surface area contributed by atoms with E-state index >= 15 is 0 Å². The first kappa shape index (κ1) is 19.5. The van der Waals surface area contributed by atoms with E-state index in [0.29, 0.717) is 27.6 Å². The van der Waals surface area contributed by atoms with Gasteiger partial charge in [-0.2, -0.15) is 0 Å². The van der Waals surface area contributed by atoms with Gasteiger partial charge < -0.3 is 4.74 Å². The molecule has 1 aliphatic heterocycles. The molecule has 1 amide bonds. The Labute approximate surface area is 168 Å². The number of amides is 1. The molecule has 2 aromatic rings. The van der Waals surface area contributed by atoms with Gasteiger partial charge in [0.15, 0.2) is 5.17 Å². The highest BCUT2D eigenvalue weighted by atomic mass is 35.5. The van der Waals surface area contributed by atoms with Crippen LogP contribution in [0.1, 0.15) is 19.4 Å². The number of aliphatic imine (C=N–C) groups is 1. The maximum atomic E-state index is 13.0. The average Bonchev–Trinajstić information content (AvgIpc) is 2.90. The smallest absolute Gasteiger partial charge is 0.266 e. The number of hydrogen-bond acceptors (Lipinski definition) is 4. The summed E-state index contributed by atoms with van der Waals surface area (Å²) in [6.07, 6.45) is 1.88. The molecule has 3 rings (SSSR count). The second-order valence-electron chi connectivity index (χ2n) is 6.57. The summed E-state index contributed by atoms with van der Waals surface area (Å²) in [5, 5.41) is 1.29. The van der Waals surface area contributed by atoms with Gasteiger partial charge in [-0.05, 0) is 59.7 Å². The third-order valence-electron chi connectivity index (χ3n) is 3.86. The van der Waals surface area contributed by atoms with E-state index in [1.165, 1.54) is 11.8 Å². The molecule has 1 fully saturated rings. The van der Waals surface area contributed by atoms with Crippen molar-refractivity contribution >= 4 is 46.2 Å². The maximum Gasteiger partial charge on any atom is 0.266 e. The van der Waals surface area contributed by atoms with E-state index in [2.05, 4.69) is 18.8 Å². The number of hydrogen-bond donors (Lipinski definition) is 0. The molecule has 1 heterocycles. The van der Waals surface area contributed by atoms with Crippen molar-refractivity contribution in [2.45, 2.75) is 13.8 Å². The fourth-order valence-electron chi connectivity index (χ4n) is 2.66. The Kier molecular flexibility index (Phi) is 6.24. The van der Waals surface area contributed by atoms with E-state index in [1.807, 2.05) is 42.5 Å². The predicted octanol–water partition coefficient (Wildman–Crippen LogP) is 5.61. The van der Waals surface area contributed by atoms with Gasteiger partial charge in [-0.3, -0.25) is 9.69 Å². The summed E-state index contributed by atoms with van der Waals surface area (Å²) in [6.45, 7) is 4.78. The number of methoxy groups -OCH3 is 1. The number of rotatable bonds is 5. The Hall–Kier alpha value is -2.24. The van der Waals surface area contributed by atoms with E-state index in [0.717, 1.165) is 17.0 Å². The summed E-state index contributed by atoms with van der Waals surface area (Å²) >= 11 is 7.45. The number of carbonyl (C=O) groups excluding carboxylic acids is 1. The predicted molar refractivity (Wildman–Crippen MR) is 114 cm³/mol. The molecule has 140 valence electrons. The summed E-state index contributed by atoms with van der Waals surface area (Å²) in [6, 6.07) is 15.0. The van der Waals surface area contributed by atoms with Crippen LogP contribution in [0.2, 0.25) is 5.02 Å². The monoisotopic (exact) mass is 400 g/mol. The summed E-state index contributed by atoms with van der Waals surface area (Å²) in [4.78, 5) is 20.0. The fraction of sp³-hybridized carbons (Fsp3) is 0.238. The lowest BCUT2D eigenvalue weighted by molar-refractivity contribution is -0.122. The summed E-state index contributed by atoms with van der Waals surface area (Å²) in [7, 11) is 1.63. The largest absolute Gasteiger partial charge is 0.497 e. The Morgan fingerprint density at radius 3 is 2.70 bits per heavy atom. The van der Waals surface area contributed by atoms with Crippen molar-refractivity contribution in [1.29, 1.82) is 0 Å². The van der Waals surface area contributed by atoms with Crippen LogP contribution < -0.4 is 4.74 Å². The summed E-state index contributed by atoms with van der Waals surface area (Å²) in [5.41, 5.74) is 1.65. The molecule has 1 aliphatic rings. The highest BCUT2D eigenvalue weighted by molar-refractivity contribution is 8.18. The lowest BCUT2D eigenvalue weighted by Gasteiger charge is -2.17. The molecule has 0 radical (unpaired) electrons. The molecule has 0 N–H and O–H groups in total. The standard InChI is InChI=1S/C21H21ClN2O2S/c1-14(2)13-24-20(25)19(11-15-6-4-9-18(10-15)26-3)27-21(24)23-17-8-5-7-16(22)12-17/h4-12,14H,13H2,1-3H3/b19-11+,23-21?. The normalized spacial score (nSPS) is 17.4. The first-order valence-electron chi connectivity index (χ1n) is 8.66. The number of thioether (sulfide) groups is 1. The molecule has 0 saturated carbocycles. The zero-order valence-electron chi connectivity index (χ0n) is 15.5. The quantitative estimate of drug-likeness (QED) is 0.612. The fourth-order valence-corrected chi connectivity index (χ4v) is 3.85. The highest BCUT2D eigenvalue weighted by Crippen LogP contribution is 2.35. The minimum absolute atomic E-state index is 0.0303. The second-order valence-corrected chi connectivity index (χ2v) is 8.02. The number of ether oxygens (including phenoxy) is 1.